The number of nitrogens with zero attached hydrogens (tertiary/aromatic N) is 4. The second-order valence-electron chi connectivity index (χ2n) is 11.5. The number of ether oxygens (including phenoxy) is 1. The highest BCUT2D eigenvalue weighted by Crippen LogP contribution is 2.38. The Bertz CT molecular complexity index is 1470. The Balaban J connectivity index is 1.47. The molecular weight excluding hydrogens is 520 g/mol. The van der Waals surface area contributed by atoms with Gasteiger partial charge in [-0.1, -0.05) is 61.8 Å². The van der Waals surface area contributed by atoms with Crippen LogP contribution in [0, 0.1) is 0 Å². The lowest BCUT2D eigenvalue weighted by Gasteiger charge is -2.20. The lowest BCUT2D eigenvalue weighted by molar-refractivity contribution is -0.00787. The Morgan fingerprint density at radius 3 is 2.61 bits per heavy atom. The van der Waals surface area contributed by atoms with E-state index in [0.717, 1.165) is 36.1 Å². The van der Waals surface area contributed by atoms with Crippen LogP contribution in [0.1, 0.15) is 75.5 Å². The number of anilines is 3. The van der Waals surface area contributed by atoms with Crippen LogP contribution >= 0.6 is 0 Å². The van der Waals surface area contributed by atoms with E-state index >= 15 is 0 Å². The largest absolute Gasteiger partial charge is 0.396 e. The van der Waals surface area contributed by atoms with E-state index in [-0.39, 0.29) is 30.1 Å². The summed E-state index contributed by atoms with van der Waals surface area (Å²) in [5, 5.41) is 30.4. The first-order chi connectivity index (χ1) is 19.7. The molecule has 2 aromatic carbocycles. The van der Waals surface area contributed by atoms with Gasteiger partial charge in [-0.2, -0.15) is 9.97 Å². The van der Waals surface area contributed by atoms with Gasteiger partial charge in [-0.25, -0.2) is 4.98 Å². The van der Waals surface area contributed by atoms with E-state index in [1.165, 1.54) is 5.56 Å². The molecule has 1 aliphatic heterocycles. The molecule has 0 saturated heterocycles. The van der Waals surface area contributed by atoms with Crippen LogP contribution in [-0.4, -0.2) is 43.5 Å². The third kappa shape index (κ3) is 6.40. The number of unbranched alkanes of at least 4 members (excludes halogenated alkanes) is 1. The molecule has 0 unspecified atom stereocenters. The van der Waals surface area contributed by atoms with Crippen LogP contribution in [-0.2, 0) is 22.4 Å². The maximum atomic E-state index is 10.3. The molecule has 0 aliphatic carbocycles. The molecule has 41 heavy (non-hydrogen) atoms. The number of aliphatic hydroxyl groups excluding tert-OH is 2. The number of benzene rings is 2. The molecule has 0 radical (unpaired) electrons. The molecule has 5 rings (SSSR count). The molecular formula is C31H38N6O4. The van der Waals surface area contributed by atoms with Crippen molar-refractivity contribution < 1.29 is 19.5 Å². The van der Waals surface area contributed by atoms with Crippen LogP contribution < -0.4 is 10.6 Å². The predicted octanol–water partition coefficient (Wildman–Crippen LogP) is 5.62. The SMILES string of the molecule is CC(C)(CCCCO)c1noc(-c2cnc(Nc3ccc4c(c3)C(C)(C)OC4)nc2N[C@H](CO)c2ccccc2)n1. The maximum absolute atomic E-state index is 10.3. The molecule has 0 fully saturated rings. The van der Waals surface area contributed by atoms with Gasteiger partial charge in [-0.3, -0.25) is 0 Å². The highest BCUT2D eigenvalue weighted by atomic mass is 16.5. The first-order valence-corrected chi connectivity index (χ1v) is 14.0. The summed E-state index contributed by atoms with van der Waals surface area (Å²) in [7, 11) is 0. The van der Waals surface area contributed by atoms with E-state index in [9.17, 15) is 10.2 Å². The summed E-state index contributed by atoms with van der Waals surface area (Å²) in [6, 6.07) is 15.4. The van der Waals surface area contributed by atoms with Crippen LogP contribution in [0.2, 0.25) is 0 Å². The first kappa shape index (κ1) is 28.7. The molecule has 4 aromatic rings. The lowest BCUT2D eigenvalue weighted by atomic mass is 9.86. The van der Waals surface area contributed by atoms with E-state index < -0.39 is 6.04 Å². The molecule has 1 atom stereocenters. The second kappa shape index (κ2) is 11.9. The second-order valence-corrected chi connectivity index (χ2v) is 11.5. The van der Waals surface area contributed by atoms with Crippen LogP contribution in [0.4, 0.5) is 17.5 Å². The van der Waals surface area contributed by atoms with Crippen molar-refractivity contribution in [2.24, 2.45) is 0 Å². The third-order valence-corrected chi connectivity index (χ3v) is 7.56. The molecule has 0 saturated carbocycles. The van der Waals surface area contributed by atoms with Crippen LogP contribution in [0.5, 0.6) is 0 Å². The van der Waals surface area contributed by atoms with Gasteiger partial charge in [0.15, 0.2) is 5.82 Å². The van der Waals surface area contributed by atoms with Gasteiger partial charge in [0.1, 0.15) is 11.4 Å². The van der Waals surface area contributed by atoms with Gasteiger partial charge in [-0.15, -0.1) is 0 Å². The maximum Gasteiger partial charge on any atom is 0.263 e. The van der Waals surface area contributed by atoms with Gasteiger partial charge in [0.2, 0.25) is 5.95 Å². The zero-order chi connectivity index (χ0) is 29.0. The van der Waals surface area contributed by atoms with E-state index in [1.54, 1.807) is 6.20 Å². The topological polar surface area (TPSA) is 138 Å². The summed E-state index contributed by atoms with van der Waals surface area (Å²) in [6.07, 6.45) is 4.03. The van der Waals surface area contributed by atoms with Crippen LogP contribution in [0.15, 0.2) is 59.3 Å². The van der Waals surface area contributed by atoms with Gasteiger partial charge in [-0.05, 0) is 55.5 Å². The zero-order valence-electron chi connectivity index (χ0n) is 24.0. The Morgan fingerprint density at radius 1 is 1.05 bits per heavy atom. The number of aliphatic hydroxyl groups is 2. The smallest absolute Gasteiger partial charge is 0.263 e. The Labute approximate surface area is 240 Å². The van der Waals surface area contributed by atoms with Crippen molar-refractivity contribution in [3.63, 3.8) is 0 Å². The standard InChI is InChI=1S/C31H38N6O4/c1-30(2,14-8-9-15-38)28-36-27(41-37-28)23-17-32-29(33-22-13-12-21-19-40-31(3,4)24(21)16-22)35-26(23)34-25(18-39)20-10-6-5-7-11-20/h5-7,10-13,16-17,25,38-39H,8-9,14-15,18-19H2,1-4H3,(H2,32,33,34,35)/t25-/m1/s1. The predicted molar refractivity (Wildman–Crippen MR) is 157 cm³/mol. The monoisotopic (exact) mass is 558 g/mol. The molecule has 2 aromatic heterocycles. The summed E-state index contributed by atoms with van der Waals surface area (Å²) in [5.41, 5.74) is 3.86. The Kier molecular flexibility index (Phi) is 8.35. The summed E-state index contributed by atoms with van der Waals surface area (Å²) in [5.74, 6) is 1.68. The first-order valence-electron chi connectivity index (χ1n) is 14.0. The van der Waals surface area contributed by atoms with Crippen molar-refractivity contribution in [3.8, 4) is 11.5 Å². The quantitative estimate of drug-likeness (QED) is 0.162. The fraction of sp³-hybridized carbons (Fsp3) is 0.419. The number of hydrogen-bond acceptors (Lipinski definition) is 10. The molecule has 0 amide bonds. The van der Waals surface area contributed by atoms with Crippen molar-refractivity contribution in [2.75, 3.05) is 23.8 Å². The third-order valence-electron chi connectivity index (χ3n) is 7.56. The van der Waals surface area contributed by atoms with Gasteiger partial charge in [0.05, 0.1) is 24.9 Å². The minimum atomic E-state index is -0.423. The average Bonchev–Trinajstić information content (AvgIpc) is 3.58. The number of fused-ring (bicyclic) bond motifs is 1. The number of rotatable bonds is 12. The lowest BCUT2D eigenvalue weighted by Crippen LogP contribution is -2.19. The molecule has 1 aliphatic rings. The van der Waals surface area contributed by atoms with Crippen molar-refractivity contribution in [1.82, 2.24) is 20.1 Å². The molecule has 3 heterocycles. The molecule has 0 bridgehead atoms. The van der Waals surface area contributed by atoms with Crippen molar-refractivity contribution >= 4 is 17.5 Å². The molecule has 4 N–H and O–H groups in total. The number of hydrogen-bond donors (Lipinski definition) is 4. The number of aromatic nitrogens is 4. The fourth-order valence-corrected chi connectivity index (χ4v) is 5.00. The van der Waals surface area contributed by atoms with Crippen LogP contribution in [0.3, 0.4) is 0 Å². The van der Waals surface area contributed by atoms with Crippen molar-refractivity contribution in [2.45, 2.75) is 70.6 Å². The van der Waals surface area contributed by atoms with Crippen LogP contribution in [0.25, 0.3) is 11.5 Å². The summed E-state index contributed by atoms with van der Waals surface area (Å²) < 4.78 is 11.6. The normalized spacial score (nSPS) is 15.0. The Morgan fingerprint density at radius 2 is 1.85 bits per heavy atom. The van der Waals surface area contributed by atoms with Gasteiger partial charge in [0, 0.05) is 23.9 Å². The summed E-state index contributed by atoms with van der Waals surface area (Å²) >= 11 is 0. The summed E-state index contributed by atoms with van der Waals surface area (Å²) in [4.78, 5) is 14.1. The van der Waals surface area contributed by atoms with E-state index in [0.29, 0.717) is 29.8 Å². The van der Waals surface area contributed by atoms with Gasteiger partial charge in [0.25, 0.3) is 5.89 Å². The van der Waals surface area contributed by atoms with Gasteiger partial charge < -0.3 is 30.1 Å². The van der Waals surface area contributed by atoms with Gasteiger partial charge >= 0.3 is 0 Å². The van der Waals surface area contributed by atoms with E-state index in [4.69, 9.17) is 19.2 Å². The molecule has 0 spiro atoms. The highest BCUT2D eigenvalue weighted by molar-refractivity contribution is 5.71. The Hall–Kier alpha value is -3.86. The molecule has 216 valence electrons. The molecule has 10 nitrogen and oxygen atoms in total. The molecule has 10 heteroatoms. The zero-order valence-corrected chi connectivity index (χ0v) is 24.0. The van der Waals surface area contributed by atoms with Crippen molar-refractivity contribution in [3.05, 3.63) is 77.2 Å². The fourth-order valence-electron chi connectivity index (χ4n) is 5.00. The minimum absolute atomic E-state index is 0.150. The van der Waals surface area contributed by atoms with Crippen molar-refractivity contribution in [1.29, 1.82) is 0 Å². The number of nitrogens with one attached hydrogen (secondary N) is 2. The minimum Gasteiger partial charge on any atom is -0.396 e. The summed E-state index contributed by atoms with van der Waals surface area (Å²) in [6.45, 7) is 8.83. The highest BCUT2D eigenvalue weighted by Gasteiger charge is 2.31. The average molecular weight is 559 g/mol. The van der Waals surface area contributed by atoms with E-state index in [2.05, 4.69) is 60.6 Å². The van der Waals surface area contributed by atoms with E-state index in [1.807, 2.05) is 36.4 Å².